The average Bonchev–Trinajstić information content (AvgIpc) is 3.28. The van der Waals surface area contributed by atoms with E-state index in [-0.39, 0.29) is 29.4 Å². The molecular formula is C46H67N9O9. The Balaban J connectivity index is 0.000000360. The fourth-order valence-corrected chi connectivity index (χ4v) is 5.38. The summed E-state index contributed by atoms with van der Waals surface area (Å²) in [6, 6.07) is 19.2. The molecule has 3 aromatic carbocycles. The third-order valence-electron chi connectivity index (χ3n) is 8.69. The Kier molecular flexibility index (Phi) is 25.6. The van der Waals surface area contributed by atoms with Crippen LogP contribution in [0.3, 0.4) is 0 Å². The van der Waals surface area contributed by atoms with E-state index in [0.717, 1.165) is 28.1 Å². The fraction of sp³-hybridized carbons (Fsp3) is 0.435. The highest BCUT2D eigenvalue weighted by molar-refractivity contribution is 5.75. The second kappa shape index (κ2) is 30.5. The van der Waals surface area contributed by atoms with Gasteiger partial charge in [0.2, 0.25) is 11.7 Å². The number of aryl methyl sites for hydroxylation is 1. The van der Waals surface area contributed by atoms with Gasteiger partial charge in [0.05, 0.1) is 79.9 Å². The van der Waals surface area contributed by atoms with Crippen LogP contribution in [0.1, 0.15) is 56.2 Å². The maximum atomic E-state index is 9.38. The van der Waals surface area contributed by atoms with Gasteiger partial charge in [0.15, 0.2) is 29.0 Å². The van der Waals surface area contributed by atoms with Crippen molar-refractivity contribution in [3.05, 3.63) is 89.4 Å². The molecule has 0 aliphatic carbocycles. The van der Waals surface area contributed by atoms with E-state index in [1.165, 1.54) is 6.20 Å². The van der Waals surface area contributed by atoms with Crippen molar-refractivity contribution in [3.63, 3.8) is 0 Å². The third kappa shape index (κ3) is 19.7. The van der Waals surface area contributed by atoms with Crippen molar-refractivity contribution < 1.29 is 42.6 Å². The minimum atomic E-state index is 0.0975. The number of nitrogens with one attached hydrogen (secondary N) is 2. The molecule has 350 valence electrons. The smallest absolute Gasteiger partial charge is 0.224 e. The molecule has 1 aromatic heterocycles. The lowest BCUT2D eigenvalue weighted by atomic mass is 9.99. The van der Waals surface area contributed by atoms with Crippen LogP contribution in [-0.4, -0.2) is 104 Å². The number of nitrogens with two attached hydrogens (primary N) is 3. The van der Waals surface area contributed by atoms with E-state index in [2.05, 4.69) is 51.6 Å². The van der Waals surface area contributed by atoms with Crippen molar-refractivity contribution in [2.24, 2.45) is 16.5 Å². The van der Waals surface area contributed by atoms with Crippen LogP contribution in [-0.2, 0) is 18.9 Å². The summed E-state index contributed by atoms with van der Waals surface area (Å²) in [5, 5.41) is 15.5. The number of hydrogen-bond donors (Lipinski definition) is 5. The molecule has 64 heavy (non-hydrogen) atoms. The zero-order chi connectivity index (χ0) is 47.3. The Morgan fingerprint density at radius 1 is 0.750 bits per heavy atom. The van der Waals surface area contributed by atoms with Gasteiger partial charge in [0.1, 0.15) is 23.3 Å². The SMILES string of the molecule is COCCOCCN=C(N)N.COCCOCCNc1ncc(Oc2cc(OC)c(C)cc2C(C)C)c(N)n1.COc1cc(O/C(C#N)=C/Nc2ccccc2)c(C(C)C)cc1OC. The number of rotatable bonds is 24. The molecule has 18 nitrogen and oxygen atoms in total. The number of aromatic nitrogens is 2. The molecule has 0 aliphatic heterocycles. The number of nitrogens with zero attached hydrogens (tertiary/aromatic N) is 4. The molecule has 0 amide bonds. The van der Waals surface area contributed by atoms with Crippen LogP contribution < -0.4 is 51.5 Å². The van der Waals surface area contributed by atoms with Crippen LogP contribution >= 0.6 is 0 Å². The summed E-state index contributed by atoms with van der Waals surface area (Å²) >= 11 is 0. The standard InChI is InChI=1S/C20H30N4O4.C20H22N2O3.C6H15N3O2/c1-13(2)15-10-14(3)16(26-5)11-17(15)28-18-12-23-20(24-19(18)21)22-6-7-27-9-8-25-4;1-14(2)17-10-19(23-3)20(24-4)11-18(17)25-16(12-21)13-22-15-8-6-5-7-9-15;1-10-4-5-11-3-2-9-6(7)8/h10-13H,6-9H2,1-5H3,(H3,21,22,23,24);5-11,13-14,22H,1-4H3;2-5H2,1H3,(H4,7,8,9)/b;16-13+;. The van der Waals surface area contributed by atoms with Crippen LogP contribution in [0.5, 0.6) is 34.5 Å². The summed E-state index contributed by atoms with van der Waals surface area (Å²) in [6.45, 7) is 14.7. The predicted molar refractivity (Wildman–Crippen MR) is 251 cm³/mol. The Morgan fingerprint density at radius 2 is 1.34 bits per heavy atom. The zero-order valence-electron chi connectivity index (χ0n) is 38.9. The van der Waals surface area contributed by atoms with Crippen molar-refractivity contribution in [1.29, 1.82) is 5.26 Å². The van der Waals surface area contributed by atoms with Crippen molar-refractivity contribution in [2.45, 2.75) is 46.5 Å². The molecule has 0 fully saturated rings. The fourth-order valence-electron chi connectivity index (χ4n) is 5.38. The van der Waals surface area contributed by atoms with E-state index in [9.17, 15) is 5.26 Å². The number of aliphatic imine (C=N–C) groups is 1. The Morgan fingerprint density at radius 3 is 1.91 bits per heavy atom. The van der Waals surface area contributed by atoms with Gasteiger partial charge in [-0.15, -0.1) is 0 Å². The molecule has 0 bridgehead atoms. The lowest BCUT2D eigenvalue weighted by Gasteiger charge is -2.17. The first-order chi connectivity index (χ1) is 30.8. The topological polar surface area (TPSA) is 247 Å². The molecule has 1 heterocycles. The lowest BCUT2D eigenvalue weighted by molar-refractivity contribution is 0.0748. The number of ether oxygens (including phenoxy) is 9. The van der Waals surface area contributed by atoms with Gasteiger partial charge < -0.3 is 70.5 Å². The molecular weight excluding hydrogens is 823 g/mol. The summed E-state index contributed by atoms with van der Waals surface area (Å²) in [6.07, 6.45) is 3.10. The molecule has 8 N–H and O–H groups in total. The summed E-state index contributed by atoms with van der Waals surface area (Å²) < 4.78 is 48.1. The van der Waals surface area contributed by atoms with Crippen LogP contribution in [0.4, 0.5) is 17.5 Å². The lowest BCUT2D eigenvalue weighted by Crippen LogP contribution is -2.23. The summed E-state index contributed by atoms with van der Waals surface area (Å²) in [7, 11) is 8.05. The number of anilines is 3. The summed E-state index contributed by atoms with van der Waals surface area (Å²) in [5.41, 5.74) is 20.1. The molecule has 0 radical (unpaired) electrons. The molecule has 0 saturated heterocycles. The van der Waals surface area contributed by atoms with E-state index >= 15 is 0 Å². The highest BCUT2D eigenvalue weighted by Crippen LogP contribution is 2.39. The van der Waals surface area contributed by atoms with E-state index in [1.807, 2.05) is 63.2 Å². The number of para-hydroxylation sites is 1. The number of guanidine groups is 1. The van der Waals surface area contributed by atoms with Gasteiger partial charge in [0, 0.05) is 44.1 Å². The summed E-state index contributed by atoms with van der Waals surface area (Å²) in [5.74, 6) is 4.98. The monoisotopic (exact) mass is 890 g/mol. The van der Waals surface area contributed by atoms with Crippen LogP contribution in [0.2, 0.25) is 0 Å². The van der Waals surface area contributed by atoms with Crippen LogP contribution in [0.15, 0.2) is 77.7 Å². The first-order valence-corrected chi connectivity index (χ1v) is 20.6. The van der Waals surface area contributed by atoms with Crippen molar-refractivity contribution in [2.75, 3.05) is 105 Å². The number of nitrogen functional groups attached to an aromatic ring is 1. The van der Waals surface area contributed by atoms with Gasteiger partial charge in [-0.25, -0.2) is 4.98 Å². The number of hydrogen-bond acceptors (Lipinski definition) is 16. The number of nitriles is 1. The normalized spacial score (nSPS) is 10.7. The first kappa shape index (κ1) is 53.6. The molecule has 0 spiro atoms. The van der Waals surface area contributed by atoms with Gasteiger partial charge in [-0.2, -0.15) is 10.2 Å². The van der Waals surface area contributed by atoms with E-state index in [0.29, 0.717) is 87.4 Å². The first-order valence-electron chi connectivity index (χ1n) is 20.6. The largest absolute Gasteiger partial charge is 0.496 e. The molecule has 0 aliphatic rings. The molecule has 4 aromatic rings. The van der Waals surface area contributed by atoms with Crippen molar-refractivity contribution in [3.8, 4) is 40.6 Å². The minimum Gasteiger partial charge on any atom is -0.496 e. The zero-order valence-corrected chi connectivity index (χ0v) is 38.9. The van der Waals surface area contributed by atoms with Crippen molar-refractivity contribution >= 4 is 23.4 Å². The molecule has 0 unspecified atom stereocenters. The van der Waals surface area contributed by atoms with E-state index < -0.39 is 0 Å². The number of allylic oxidation sites excluding steroid dienone is 1. The van der Waals surface area contributed by atoms with Gasteiger partial charge in [-0.1, -0.05) is 45.9 Å². The maximum absolute atomic E-state index is 9.38. The molecule has 0 saturated carbocycles. The number of methoxy groups -OCH3 is 5. The average molecular weight is 890 g/mol. The predicted octanol–water partition coefficient (Wildman–Crippen LogP) is 6.97. The highest BCUT2D eigenvalue weighted by Gasteiger charge is 2.17. The quantitative estimate of drug-likeness (QED) is 0.0157. The Labute approximate surface area is 378 Å². The molecule has 0 atom stereocenters. The van der Waals surface area contributed by atoms with Crippen LogP contribution in [0.25, 0.3) is 0 Å². The van der Waals surface area contributed by atoms with Crippen molar-refractivity contribution in [1.82, 2.24) is 9.97 Å². The maximum Gasteiger partial charge on any atom is 0.224 e. The Hall–Kier alpha value is -6.52. The Bertz CT molecular complexity index is 2060. The second-order valence-corrected chi connectivity index (χ2v) is 14.1. The molecule has 18 heteroatoms. The summed E-state index contributed by atoms with van der Waals surface area (Å²) in [4.78, 5) is 12.3. The van der Waals surface area contributed by atoms with Crippen LogP contribution in [0, 0.1) is 18.3 Å². The van der Waals surface area contributed by atoms with Gasteiger partial charge in [0.25, 0.3) is 0 Å². The minimum absolute atomic E-state index is 0.0975. The van der Waals surface area contributed by atoms with E-state index in [1.54, 1.807) is 47.8 Å². The highest BCUT2D eigenvalue weighted by atomic mass is 16.5. The van der Waals surface area contributed by atoms with Gasteiger partial charge in [-0.05, 0) is 54.2 Å². The number of benzene rings is 3. The third-order valence-corrected chi connectivity index (χ3v) is 8.69. The van der Waals surface area contributed by atoms with Gasteiger partial charge >= 0.3 is 0 Å². The second-order valence-electron chi connectivity index (χ2n) is 14.1. The molecule has 4 rings (SSSR count). The van der Waals surface area contributed by atoms with Gasteiger partial charge in [-0.3, -0.25) is 4.99 Å². The van der Waals surface area contributed by atoms with E-state index in [4.69, 9.17) is 59.8 Å².